The van der Waals surface area contributed by atoms with Crippen LogP contribution in [-0.2, 0) is 17.9 Å². The van der Waals surface area contributed by atoms with E-state index in [9.17, 15) is 4.79 Å². The summed E-state index contributed by atoms with van der Waals surface area (Å²) in [5.74, 6) is 0.786. The van der Waals surface area contributed by atoms with Crippen molar-refractivity contribution in [3.63, 3.8) is 0 Å². The summed E-state index contributed by atoms with van der Waals surface area (Å²) in [7, 11) is 0. The number of carbonyl (C=O) groups excluding carboxylic acids is 1. The summed E-state index contributed by atoms with van der Waals surface area (Å²) >= 11 is 0. The van der Waals surface area contributed by atoms with E-state index in [0.29, 0.717) is 13.2 Å². The zero-order valence-corrected chi connectivity index (χ0v) is 16.6. The van der Waals surface area contributed by atoms with Crippen LogP contribution >= 0.6 is 0 Å². The molecule has 0 aliphatic rings. The van der Waals surface area contributed by atoms with Crippen LogP contribution in [0.1, 0.15) is 29.2 Å². The first-order chi connectivity index (χ1) is 13.5. The average Bonchev–Trinajstić information content (AvgIpc) is 2.68. The molecule has 3 aromatic rings. The van der Waals surface area contributed by atoms with E-state index in [0.717, 1.165) is 33.8 Å². The summed E-state index contributed by atoms with van der Waals surface area (Å²) in [6.45, 7) is 6.83. The number of benzene rings is 3. The fraction of sp³-hybridized carbons (Fsp3) is 0.208. The van der Waals surface area contributed by atoms with Crippen molar-refractivity contribution in [3.8, 4) is 5.75 Å². The second-order valence-electron chi connectivity index (χ2n) is 6.98. The maximum absolute atomic E-state index is 11.3. The molecule has 0 unspecified atom stereocenters. The van der Waals surface area contributed by atoms with Gasteiger partial charge in [0.05, 0.1) is 0 Å². The van der Waals surface area contributed by atoms with Crippen molar-refractivity contribution in [2.24, 2.45) is 0 Å². The van der Waals surface area contributed by atoms with Gasteiger partial charge >= 0.3 is 0 Å². The second kappa shape index (κ2) is 9.09. The molecule has 4 nitrogen and oxygen atoms in total. The number of amides is 1. The Morgan fingerprint density at radius 2 is 1.57 bits per heavy atom. The molecule has 1 amide bonds. The molecule has 2 N–H and O–H groups in total. The number of hydrogen-bond acceptors (Lipinski definition) is 3. The highest BCUT2D eigenvalue weighted by Gasteiger charge is 2.03. The zero-order valence-electron chi connectivity index (χ0n) is 16.6. The Bertz CT molecular complexity index is 932. The molecule has 0 spiro atoms. The standard InChI is InChI=1S/C24H26N2O2/c1-17-4-7-21(8-5-17)16-28-23-12-9-20(10-13-23)15-25-22-11-6-18(2)24(14-22)26-19(3)27/h4-14,25H,15-16H2,1-3H3,(H,26,27). The number of carbonyl (C=O) groups is 1. The van der Waals surface area contributed by atoms with Crippen molar-refractivity contribution in [1.82, 2.24) is 0 Å². The van der Waals surface area contributed by atoms with Gasteiger partial charge in [-0.1, -0.05) is 48.0 Å². The molecular formula is C24H26N2O2. The highest BCUT2D eigenvalue weighted by atomic mass is 16.5. The molecule has 0 aliphatic heterocycles. The van der Waals surface area contributed by atoms with Gasteiger partial charge in [0.2, 0.25) is 5.91 Å². The topological polar surface area (TPSA) is 50.4 Å². The van der Waals surface area contributed by atoms with E-state index in [2.05, 4.69) is 54.0 Å². The number of nitrogens with one attached hydrogen (secondary N) is 2. The number of aryl methyl sites for hydroxylation is 2. The molecule has 3 rings (SSSR count). The third-order valence-corrected chi connectivity index (χ3v) is 4.49. The maximum Gasteiger partial charge on any atom is 0.221 e. The first-order valence-electron chi connectivity index (χ1n) is 9.39. The van der Waals surface area contributed by atoms with Crippen molar-refractivity contribution >= 4 is 17.3 Å². The number of anilines is 2. The summed E-state index contributed by atoms with van der Waals surface area (Å²) in [6.07, 6.45) is 0. The minimum absolute atomic E-state index is 0.0681. The van der Waals surface area contributed by atoms with Gasteiger partial charge in [0.15, 0.2) is 0 Å². The molecule has 28 heavy (non-hydrogen) atoms. The van der Waals surface area contributed by atoms with Crippen LogP contribution in [0.5, 0.6) is 5.75 Å². The van der Waals surface area contributed by atoms with Crippen LogP contribution < -0.4 is 15.4 Å². The third-order valence-electron chi connectivity index (χ3n) is 4.49. The van der Waals surface area contributed by atoms with Gasteiger partial charge in [-0.25, -0.2) is 0 Å². The summed E-state index contributed by atoms with van der Waals surface area (Å²) in [5, 5.41) is 6.25. The SMILES string of the molecule is CC(=O)Nc1cc(NCc2ccc(OCc3ccc(C)cc3)cc2)ccc1C. The fourth-order valence-corrected chi connectivity index (χ4v) is 2.81. The predicted molar refractivity (Wildman–Crippen MR) is 115 cm³/mol. The largest absolute Gasteiger partial charge is 0.489 e. The Hall–Kier alpha value is -3.27. The first-order valence-corrected chi connectivity index (χ1v) is 9.39. The summed E-state index contributed by atoms with van der Waals surface area (Å²) in [5.41, 5.74) is 6.40. The minimum Gasteiger partial charge on any atom is -0.489 e. The second-order valence-corrected chi connectivity index (χ2v) is 6.98. The van der Waals surface area contributed by atoms with E-state index < -0.39 is 0 Å². The van der Waals surface area contributed by atoms with Gasteiger partial charge in [0.1, 0.15) is 12.4 Å². The predicted octanol–water partition coefficient (Wildman–Crippen LogP) is 5.45. The molecule has 0 saturated heterocycles. The van der Waals surface area contributed by atoms with Crippen LogP contribution in [0, 0.1) is 13.8 Å². The molecule has 3 aromatic carbocycles. The van der Waals surface area contributed by atoms with E-state index in [4.69, 9.17) is 4.74 Å². The monoisotopic (exact) mass is 374 g/mol. The molecule has 0 aromatic heterocycles. The lowest BCUT2D eigenvalue weighted by molar-refractivity contribution is -0.114. The van der Waals surface area contributed by atoms with Crippen LogP contribution in [0.3, 0.4) is 0 Å². The average molecular weight is 374 g/mol. The van der Waals surface area contributed by atoms with E-state index in [1.165, 1.54) is 12.5 Å². The summed E-state index contributed by atoms with van der Waals surface area (Å²) < 4.78 is 5.85. The van der Waals surface area contributed by atoms with Gasteiger partial charge in [-0.2, -0.15) is 0 Å². The molecule has 0 heterocycles. The van der Waals surface area contributed by atoms with Gasteiger partial charge in [0.25, 0.3) is 0 Å². The lowest BCUT2D eigenvalue weighted by Crippen LogP contribution is -2.08. The van der Waals surface area contributed by atoms with Gasteiger partial charge in [0, 0.05) is 24.8 Å². The highest BCUT2D eigenvalue weighted by Crippen LogP contribution is 2.21. The van der Waals surface area contributed by atoms with Crippen LogP contribution in [0.25, 0.3) is 0 Å². The molecular weight excluding hydrogens is 348 g/mol. The molecule has 0 saturated carbocycles. The molecule has 0 fully saturated rings. The van der Waals surface area contributed by atoms with E-state index in [1.54, 1.807) is 0 Å². The van der Waals surface area contributed by atoms with Crippen LogP contribution in [0.4, 0.5) is 11.4 Å². The number of rotatable bonds is 7. The Balaban J connectivity index is 1.54. The summed E-state index contributed by atoms with van der Waals surface area (Å²) in [4.78, 5) is 11.3. The molecule has 0 radical (unpaired) electrons. The zero-order chi connectivity index (χ0) is 19.9. The number of ether oxygens (including phenoxy) is 1. The summed E-state index contributed by atoms with van der Waals surface area (Å²) in [6, 6.07) is 22.4. The van der Waals surface area contributed by atoms with E-state index in [1.807, 2.05) is 37.3 Å². The van der Waals surface area contributed by atoms with Gasteiger partial charge in [-0.15, -0.1) is 0 Å². The maximum atomic E-state index is 11.3. The normalized spacial score (nSPS) is 10.4. The molecule has 0 aliphatic carbocycles. The van der Waals surface area contributed by atoms with Gasteiger partial charge < -0.3 is 15.4 Å². The van der Waals surface area contributed by atoms with Gasteiger partial charge in [-0.05, 0) is 54.8 Å². The van der Waals surface area contributed by atoms with E-state index >= 15 is 0 Å². The quantitative estimate of drug-likeness (QED) is 0.578. The fourth-order valence-electron chi connectivity index (χ4n) is 2.81. The lowest BCUT2D eigenvalue weighted by Gasteiger charge is -2.12. The van der Waals surface area contributed by atoms with Crippen molar-refractivity contribution in [3.05, 3.63) is 89.0 Å². The Morgan fingerprint density at radius 3 is 2.25 bits per heavy atom. The smallest absolute Gasteiger partial charge is 0.221 e. The third kappa shape index (κ3) is 5.61. The van der Waals surface area contributed by atoms with E-state index in [-0.39, 0.29) is 5.91 Å². The minimum atomic E-state index is -0.0681. The van der Waals surface area contributed by atoms with Crippen LogP contribution in [-0.4, -0.2) is 5.91 Å². The van der Waals surface area contributed by atoms with Crippen LogP contribution in [0.2, 0.25) is 0 Å². The molecule has 0 bridgehead atoms. The lowest BCUT2D eigenvalue weighted by atomic mass is 10.1. The van der Waals surface area contributed by atoms with Crippen LogP contribution in [0.15, 0.2) is 66.7 Å². The Morgan fingerprint density at radius 1 is 0.893 bits per heavy atom. The van der Waals surface area contributed by atoms with Crippen molar-refractivity contribution in [2.45, 2.75) is 33.9 Å². The highest BCUT2D eigenvalue weighted by molar-refractivity contribution is 5.90. The Labute approximate surface area is 166 Å². The van der Waals surface area contributed by atoms with Crippen molar-refractivity contribution < 1.29 is 9.53 Å². The number of hydrogen-bond donors (Lipinski definition) is 2. The molecule has 4 heteroatoms. The van der Waals surface area contributed by atoms with Gasteiger partial charge in [-0.3, -0.25) is 4.79 Å². The molecule has 0 atom stereocenters. The van der Waals surface area contributed by atoms with Crippen molar-refractivity contribution in [2.75, 3.05) is 10.6 Å². The molecule has 144 valence electrons. The Kier molecular flexibility index (Phi) is 6.33. The van der Waals surface area contributed by atoms with Crippen molar-refractivity contribution in [1.29, 1.82) is 0 Å². The first kappa shape index (κ1) is 19.5.